The van der Waals surface area contributed by atoms with Crippen LogP contribution < -0.4 is 9.64 Å². The molecule has 0 atom stereocenters. The molecule has 0 fully saturated rings. The summed E-state index contributed by atoms with van der Waals surface area (Å²) in [6.45, 7) is 0. The van der Waals surface area contributed by atoms with E-state index in [0.29, 0.717) is 0 Å². The highest BCUT2D eigenvalue weighted by molar-refractivity contribution is 7.25. The topological polar surface area (TPSA) is 25.6 Å². The quantitative estimate of drug-likeness (QED) is 0.167. The number of thiophene rings is 1. The lowest BCUT2D eigenvalue weighted by Crippen LogP contribution is -2.10. The number of rotatable bonds is 4. The molecule has 0 spiro atoms. The Morgan fingerprint density at radius 2 is 1.00 bits per heavy atom. The van der Waals surface area contributed by atoms with Crippen LogP contribution in [0.5, 0.6) is 11.5 Å². The molecule has 1 aliphatic heterocycles. The minimum Gasteiger partial charge on any atom is -0.456 e. The van der Waals surface area contributed by atoms with Gasteiger partial charge in [0.1, 0.15) is 22.7 Å². The molecule has 0 unspecified atom stereocenters. The van der Waals surface area contributed by atoms with Crippen LogP contribution in [0.4, 0.5) is 17.1 Å². The molecule has 270 valence electrons. The van der Waals surface area contributed by atoms with Gasteiger partial charge in [-0.15, -0.1) is 11.3 Å². The van der Waals surface area contributed by atoms with Crippen LogP contribution in [0.15, 0.2) is 192 Å². The minimum absolute atomic E-state index is 0.836. The Kier molecular flexibility index (Phi) is 6.60. The lowest BCUT2D eigenvalue weighted by atomic mass is 9.87. The largest absolute Gasteiger partial charge is 0.456 e. The predicted octanol–water partition coefficient (Wildman–Crippen LogP) is 16.3. The van der Waals surface area contributed by atoms with E-state index in [-0.39, 0.29) is 0 Å². The van der Waals surface area contributed by atoms with Crippen molar-refractivity contribution in [1.29, 1.82) is 0 Å². The molecule has 4 heteroatoms. The number of benzene rings is 10. The first-order chi connectivity index (χ1) is 28.7. The predicted molar refractivity (Wildman–Crippen MR) is 245 cm³/mol. The van der Waals surface area contributed by atoms with E-state index in [4.69, 9.17) is 9.15 Å². The Morgan fingerprint density at radius 1 is 0.345 bits per heavy atom. The third kappa shape index (κ3) is 4.61. The summed E-state index contributed by atoms with van der Waals surface area (Å²) >= 11 is 1.84. The number of fused-ring (bicyclic) bond motifs is 11. The van der Waals surface area contributed by atoms with Crippen LogP contribution in [0, 0.1) is 0 Å². The molecule has 0 N–H and O–H groups in total. The van der Waals surface area contributed by atoms with E-state index in [1.165, 1.54) is 63.8 Å². The molecule has 0 bridgehead atoms. The number of anilines is 3. The van der Waals surface area contributed by atoms with E-state index in [1.807, 2.05) is 23.5 Å². The zero-order valence-corrected chi connectivity index (χ0v) is 31.9. The van der Waals surface area contributed by atoms with Crippen molar-refractivity contribution in [2.45, 2.75) is 0 Å². The third-order valence-corrected chi connectivity index (χ3v) is 13.2. The van der Waals surface area contributed by atoms with Gasteiger partial charge in [0.15, 0.2) is 0 Å². The molecular weight excluding hydrogens is 727 g/mol. The van der Waals surface area contributed by atoms with Gasteiger partial charge in [0.05, 0.1) is 0 Å². The molecule has 0 radical (unpaired) electrons. The van der Waals surface area contributed by atoms with Crippen LogP contribution in [0.2, 0.25) is 0 Å². The SMILES string of the molecule is c1ccc2c(c1)cc(-c1ccc3c4c(cccc14)-c1ccc(N(c4ccc5oc6ccccc6c5c4)c4ccc5sc6ccccc6c5c4)cc1O3)c1ccccc12. The van der Waals surface area contributed by atoms with Gasteiger partial charge in [-0.25, -0.2) is 0 Å². The highest BCUT2D eigenvalue weighted by atomic mass is 32.1. The van der Waals surface area contributed by atoms with Gasteiger partial charge >= 0.3 is 0 Å². The molecule has 3 nitrogen and oxygen atoms in total. The van der Waals surface area contributed by atoms with Gasteiger partial charge < -0.3 is 14.1 Å². The van der Waals surface area contributed by atoms with E-state index < -0.39 is 0 Å². The van der Waals surface area contributed by atoms with Gasteiger partial charge in [0.25, 0.3) is 0 Å². The van der Waals surface area contributed by atoms with Crippen molar-refractivity contribution in [3.05, 3.63) is 188 Å². The monoisotopic (exact) mass is 757 g/mol. The Morgan fingerprint density at radius 3 is 1.91 bits per heavy atom. The third-order valence-electron chi connectivity index (χ3n) is 12.0. The van der Waals surface area contributed by atoms with Gasteiger partial charge in [-0.1, -0.05) is 109 Å². The fraction of sp³-hybridized carbons (Fsp3) is 0. The molecule has 2 aromatic heterocycles. The van der Waals surface area contributed by atoms with E-state index in [9.17, 15) is 0 Å². The number of hydrogen-bond acceptors (Lipinski definition) is 4. The molecule has 12 aromatic rings. The highest BCUT2D eigenvalue weighted by Gasteiger charge is 2.25. The zero-order chi connectivity index (χ0) is 37.9. The van der Waals surface area contributed by atoms with Gasteiger partial charge in [-0.05, 0) is 116 Å². The van der Waals surface area contributed by atoms with Crippen LogP contribution in [-0.4, -0.2) is 0 Å². The number of hydrogen-bond donors (Lipinski definition) is 0. The van der Waals surface area contributed by atoms with Crippen molar-refractivity contribution in [1.82, 2.24) is 0 Å². The van der Waals surface area contributed by atoms with Crippen molar-refractivity contribution in [2.75, 3.05) is 4.90 Å². The fourth-order valence-corrected chi connectivity index (χ4v) is 10.5. The van der Waals surface area contributed by atoms with E-state index >= 15 is 0 Å². The van der Waals surface area contributed by atoms with Gasteiger partial charge in [0, 0.05) is 65.0 Å². The van der Waals surface area contributed by atoms with E-state index in [0.717, 1.165) is 61.4 Å². The first kappa shape index (κ1) is 31.8. The fourth-order valence-electron chi connectivity index (χ4n) is 9.42. The first-order valence-electron chi connectivity index (χ1n) is 19.7. The van der Waals surface area contributed by atoms with Crippen LogP contribution in [-0.2, 0) is 0 Å². The van der Waals surface area contributed by atoms with E-state index in [2.05, 4.69) is 181 Å². The summed E-state index contributed by atoms with van der Waals surface area (Å²) < 4.78 is 15.8. The Labute approximate surface area is 337 Å². The number of nitrogens with zero attached hydrogens (tertiary/aromatic N) is 1. The van der Waals surface area contributed by atoms with Crippen LogP contribution in [0.25, 0.3) is 96.7 Å². The maximum Gasteiger partial charge on any atom is 0.137 e. The number of para-hydroxylation sites is 1. The van der Waals surface area contributed by atoms with E-state index in [1.54, 1.807) is 0 Å². The smallest absolute Gasteiger partial charge is 0.137 e. The zero-order valence-electron chi connectivity index (χ0n) is 31.1. The molecule has 13 rings (SSSR count). The second-order valence-corrected chi connectivity index (χ2v) is 16.3. The van der Waals surface area contributed by atoms with Gasteiger partial charge in [-0.3, -0.25) is 0 Å². The standard InChI is InChI=1S/C54H31NO2S/c1-2-11-36-32(10-1)28-45(38-13-4-3-12-37(36)38)39-24-26-50-54-43(39)16-9-17-44(54)41-23-20-35(31-51(41)57-50)55(33-21-25-49-46(29-33)40-14-5-7-18-48(40)56-49)34-22-27-53-47(30-34)42-15-6-8-19-52(42)58-53/h1-31H. The summed E-state index contributed by atoms with van der Waals surface area (Å²) in [6.07, 6.45) is 0. The summed E-state index contributed by atoms with van der Waals surface area (Å²) in [5.74, 6) is 1.70. The summed E-state index contributed by atoms with van der Waals surface area (Å²) in [6, 6.07) is 67.8. The van der Waals surface area contributed by atoms with Crippen LogP contribution in [0.3, 0.4) is 0 Å². The lowest BCUT2D eigenvalue weighted by molar-refractivity contribution is 0.487. The second-order valence-electron chi connectivity index (χ2n) is 15.2. The molecule has 0 saturated carbocycles. The summed E-state index contributed by atoms with van der Waals surface area (Å²) in [7, 11) is 0. The molecule has 3 heterocycles. The molecule has 0 saturated heterocycles. The van der Waals surface area contributed by atoms with Crippen molar-refractivity contribution in [3.8, 4) is 33.8 Å². The highest BCUT2D eigenvalue weighted by Crippen LogP contribution is 2.52. The first-order valence-corrected chi connectivity index (χ1v) is 20.5. The van der Waals surface area contributed by atoms with Crippen molar-refractivity contribution < 1.29 is 9.15 Å². The molecule has 1 aliphatic rings. The molecule has 10 aromatic carbocycles. The average Bonchev–Trinajstić information content (AvgIpc) is 3.84. The minimum atomic E-state index is 0.836. The van der Waals surface area contributed by atoms with Gasteiger partial charge in [0.2, 0.25) is 0 Å². The Hall–Kier alpha value is -7.40. The molecular formula is C54H31NO2S. The maximum absolute atomic E-state index is 6.95. The summed E-state index contributed by atoms with van der Waals surface area (Å²) in [5, 5.41) is 12.1. The molecule has 0 aliphatic carbocycles. The van der Waals surface area contributed by atoms with Crippen molar-refractivity contribution >= 4 is 103 Å². The number of furan rings is 1. The van der Waals surface area contributed by atoms with Crippen molar-refractivity contribution in [2.24, 2.45) is 0 Å². The molecule has 0 amide bonds. The van der Waals surface area contributed by atoms with Crippen LogP contribution in [0.1, 0.15) is 0 Å². The summed E-state index contributed by atoms with van der Waals surface area (Å²) in [5.41, 5.74) is 9.59. The van der Waals surface area contributed by atoms with Crippen molar-refractivity contribution in [3.63, 3.8) is 0 Å². The Balaban J connectivity index is 0.994. The van der Waals surface area contributed by atoms with Crippen LogP contribution >= 0.6 is 11.3 Å². The maximum atomic E-state index is 6.95. The second kappa shape index (κ2) is 12.1. The van der Waals surface area contributed by atoms with Gasteiger partial charge in [-0.2, -0.15) is 0 Å². The average molecular weight is 758 g/mol. The lowest BCUT2D eigenvalue weighted by Gasteiger charge is -2.28. The normalized spacial score (nSPS) is 12.3. The molecule has 58 heavy (non-hydrogen) atoms. The Bertz CT molecular complexity index is 3570. The number of ether oxygens (including phenoxy) is 1. The summed E-state index contributed by atoms with van der Waals surface area (Å²) in [4.78, 5) is 2.35.